The van der Waals surface area contributed by atoms with Crippen molar-refractivity contribution in [2.45, 2.75) is 50.7 Å². The first-order valence-electron chi connectivity index (χ1n) is 6.53. The lowest BCUT2D eigenvalue weighted by molar-refractivity contribution is 0.322. The van der Waals surface area contributed by atoms with Crippen LogP contribution in [0.4, 0.5) is 0 Å². The lowest BCUT2D eigenvalue weighted by Crippen LogP contribution is -2.38. The molecule has 1 aliphatic rings. The predicted molar refractivity (Wildman–Crippen MR) is 78.2 cm³/mol. The maximum Gasteiger partial charge on any atom is 0.0454 e. The van der Waals surface area contributed by atoms with Crippen molar-refractivity contribution < 1.29 is 0 Å². The van der Waals surface area contributed by atoms with Gasteiger partial charge in [-0.1, -0.05) is 23.2 Å². The maximum absolute atomic E-state index is 6.21. The third-order valence-electron chi connectivity index (χ3n) is 3.68. The Morgan fingerprint density at radius 3 is 2.56 bits per heavy atom. The highest BCUT2D eigenvalue weighted by Crippen LogP contribution is 2.28. The van der Waals surface area contributed by atoms with Crippen molar-refractivity contribution in [3.63, 3.8) is 0 Å². The van der Waals surface area contributed by atoms with E-state index in [-0.39, 0.29) is 6.04 Å². The van der Waals surface area contributed by atoms with Crippen LogP contribution in [0.5, 0.6) is 0 Å². The molecule has 1 aliphatic carbocycles. The molecule has 0 aromatic heterocycles. The van der Waals surface area contributed by atoms with Crippen LogP contribution >= 0.6 is 23.2 Å². The van der Waals surface area contributed by atoms with E-state index >= 15 is 0 Å². The molecule has 0 radical (unpaired) electrons. The third kappa shape index (κ3) is 3.61. The smallest absolute Gasteiger partial charge is 0.0454 e. The Bertz CT molecular complexity index is 401. The van der Waals surface area contributed by atoms with Gasteiger partial charge in [-0.2, -0.15) is 0 Å². The molecule has 1 aromatic rings. The number of rotatable bonds is 3. The number of nitrogens with two attached hydrogens (primary N) is 1. The first-order chi connectivity index (χ1) is 8.56. The van der Waals surface area contributed by atoms with Crippen molar-refractivity contribution in [2.75, 3.05) is 0 Å². The zero-order valence-corrected chi connectivity index (χ0v) is 12.1. The van der Waals surface area contributed by atoms with Gasteiger partial charge in [0.1, 0.15) is 0 Å². The van der Waals surface area contributed by atoms with Gasteiger partial charge in [0.05, 0.1) is 0 Å². The van der Waals surface area contributed by atoms with Gasteiger partial charge in [-0.25, -0.2) is 0 Å². The zero-order chi connectivity index (χ0) is 13.1. The minimum Gasteiger partial charge on any atom is -0.328 e. The van der Waals surface area contributed by atoms with Gasteiger partial charge < -0.3 is 11.1 Å². The SMILES string of the molecule is CC(NC1CCC(N)CC1)c1cc(Cl)ccc1Cl. The number of nitrogens with one attached hydrogen (secondary N) is 1. The molecule has 4 heteroatoms. The summed E-state index contributed by atoms with van der Waals surface area (Å²) in [5.74, 6) is 0. The van der Waals surface area contributed by atoms with Crippen molar-refractivity contribution in [2.24, 2.45) is 5.73 Å². The van der Waals surface area contributed by atoms with Gasteiger partial charge in [0.25, 0.3) is 0 Å². The van der Waals surface area contributed by atoms with Crippen molar-refractivity contribution in [3.8, 4) is 0 Å². The van der Waals surface area contributed by atoms with E-state index in [0.29, 0.717) is 12.1 Å². The third-order valence-corrected chi connectivity index (χ3v) is 4.26. The van der Waals surface area contributed by atoms with E-state index in [0.717, 1.165) is 41.3 Å². The summed E-state index contributed by atoms with van der Waals surface area (Å²) >= 11 is 12.2. The van der Waals surface area contributed by atoms with Gasteiger partial charge >= 0.3 is 0 Å². The fourth-order valence-corrected chi connectivity index (χ4v) is 3.04. The number of hydrogen-bond acceptors (Lipinski definition) is 2. The summed E-state index contributed by atoms with van der Waals surface area (Å²) in [4.78, 5) is 0. The van der Waals surface area contributed by atoms with Crippen LogP contribution in [0, 0.1) is 0 Å². The number of halogens is 2. The van der Waals surface area contributed by atoms with E-state index in [1.807, 2.05) is 18.2 Å². The fraction of sp³-hybridized carbons (Fsp3) is 0.571. The van der Waals surface area contributed by atoms with Crippen molar-refractivity contribution >= 4 is 23.2 Å². The molecule has 18 heavy (non-hydrogen) atoms. The summed E-state index contributed by atoms with van der Waals surface area (Å²) in [5.41, 5.74) is 6.99. The minimum atomic E-state index is 0.218. The monoisotopic (exact) mass is 286 g/mol. The van der Waals surface area contributed by atoms with Gasteiger partial charge in [-0.05, 0) is 56.4 Å². The molecule has 3 N–H and O–H groups in total. The highest BCUT2D eigenvalue weighted by molar-refractivity contribution is 6.33. The van der Waals surface area contributed by atoms with Crippen LogP contribution in [0.15, 0.2) is 18.2 Å². The van der Waals surface area contributed by atoms with Crippen molar-refractivity contribution in [1.29, 1.82) is 0 Å². The van der Waals surface area contributed by atoms with Crippen LogP contribution in [0.2, 0.25) is 10.0 Å². The van der Waals surface area contributed by atoms with Crippen LogP contribution < -0.4 is 11.1 Å². The van der Waals surface area contributed by atoms with Crippen LogP contribution in [0.3, 0.4) is 0 Å². The molecule has 1 atom stereocenters. The van der Waals surface area contributed by atoms with Gasteiger partial charge in [-0.3, -0.25) is 0 Å². The predicted octanol–water partition coefficient (Wildman–Crippen LogP) is 3.91. The quantitative estimate of drug-likeness (QED) is 0.884. The minimum absolute atomic E-state index is 0.218. The Morgan fingerprint density at radius 1 is 1.22 bits per heavy atom. The van der Waals surface area contributed by atoms with Gasteiger partial charge in [0, 0.05) is 28.2 Å². The lowest BCUT2D eigenvalue weighted by atomic mass is 9.91. The Kier molecular flexibility index (Phi) is 4.91. The highest BCUT2D eigenvalue weighted by atomic mass is 35.5. The second kappa shape index (κ2) is 6.25. The van der Waals surface area contributed by atoms with E-state index in [1.165, 1.54) is 0 Å². The lowest BCUT2D eigenvalue weighted by Gasteiger charge is -2.30. The number of hydrogen-bond donors (Lipinski definition) is 2. The second-order valence-electron chi connectivity index (χ2n) is 5.17. The molecule has 1 fully saturated rings. The van der Waals surface area contributed by atoms with Gasteiger partial charge in [-0.15, -0.1) is 0 Å². The van der Waals surface area contributed by atoms with Crippen LogP contribution in [0.1, 0.15) is 44.2 Å². The molecule has 0 aliphatic heterocycles. The molecule has 2 nitrogen and oxygen atoms in total. The molecule has 100 valence electrons. The Labute approximate surface area is 119 Å². The Morgan fingerprint density at radius 2 is 1.89 bits per heavy atom. The normalized spacial score (nSPS) is 26.0. The molecule has 0 saturated heterocycles. The molecule has 0 bridgehead atoms. The molecule has 1 unspecified atom stereocenters. The van der Waals surface area contributed by atoms with E-state index in [9.17, 15) is 0 Å². The van der Waals surface area contributed by atoms with Gasteiger partial charge in [0.2, 0.25) is 0 Å². The largest absolute Gasteiger partial charge is 0.328 e. The maximum atomic E-state index is 6.21. The zero-order valence-electron chi connectivity index (χ0n) is 10.6. The average Bonchev–Trinajstić information content (AvgIpc) is 2.35. The molecule has 1 saturated carbocycles. The first kappa shape index (κ1) is 14.1. The number of benzene rings is 1. The summed E-state index contributed by atoms with van der Waals surface area (Å²) in [5, 5.41) is 5.13. The molecule has 0 heterocycles. The first-order valence-corrected chi connectivity index (χ1v) is 7.28. The summed E-state index contributed by atoms with van der Waals surface area (Å²) in [7, 11) is 0. The van der Waals surface area contributed by atoms with Crippen molar-refractivity contribution in [1.82, 2.24) is 5.32 Å². The summed E-state index contributed by atoms with van der Waals surface area (Å²) in [6, 6.07) is 6.75. The van der Waals surface area contributed by atoms with Gasteiger partial charge in [0.15, 0.2) is 0 Å². The average molecular weight is 287 g/mol. The summed E-state index contributed by atoms with van der Waals surface area (Å²) in [6.45, 7) is 2.13. The summed E-state index contributed by atoms with van der Waals surface area (Å²) < 4.78 is 0. The molecule has 0 amide bonds. The topological polar surface area (TPSA) is 38.0 Å². The Balaban J connectivity index is 1.98. The molecule has 1 aromatic carbocycles. The van der Waals surface area contributed by atoms with Crippen LogP contribution in [-0.2, 0) is 0 Å². The van der Waals surface area contributed by atoms with Crippen molar-refractivity contribution in [3.05, 3.63) is 33.8 Å². The molecule has 0 spiro atoms. The van der Waals surface area contributed by atoms with E-state index in [1.54, 1.807) is 0 Å². The molecular weight excluding hydrogens is 267 g/mol. The van der Waals surface area contributed by atoms with Crippen LogP contribution in [0.25, 0.3) is 0 Å². The fourth-order valence-electron chi connectivity index (χ4n) is 2.58. The highest BCUT2D eigenvalue weighted by Gasteiger charge is 2.21. The Hall–Kier alpha value is -0.280. The molecular formula is C14H20Cl2N2. The summed E-state index contributed by atoms with van der Waals surface area (Å²) in [6.07, 6.45) is 4.49. The standard InChI is InChI=1S/C14H20Cl2N2/c1-9(13-8-10(15)2-7-14(13)16)18-12-5-3-11(17)4-6-12/h2,7-9,11-12,18H,3-6,17H2,1H3. The van der Waals surface area contributed by atoms with E-state index in [4.69, 9.17) is 28.9 Å². The van der Waals surface area contributed by atoms with E-state index in [2.05, 4.69) is 12.2 Å². The second-order valence-corrected chi connectivity index (χ2v) is 6.01. The molecule has 2 rings (SSSR count). The van der Waals surface area contributed by atoms with E-state index < -0.39 is 0 Å². The van der Waals surface area contributed by atoms with Crippen LogP contribution in [-0.4, -0.2) is 12.1 Å².